The Morgan fingerprint density at radius 2 is 1.74 bits per heavy atom. The van der Waals surface area contributed by atoms with Crippen LogP contribution in [-0.4, -0.2) is 29.0 Å². The number of amides is 2. The Morgan fingerprint density at radius 1 is 1.16 bits per heavy atom. The monoisotopic (exact) mass is 263 g/mol. The smallest absolute Gasteiger partial charge is 0.253 e. The fourth-order valence-corrected chi connectivity index (χ4v) is 2.99. The summed E-state index contributed by atoms with van der Waals surface area (Å²) >= 11 is 0. The summed E-state index contributed by atoms with van der Waals surface area (Å²) < 4.78 is 0. The van der Waals surface area contributed by atoms with Gasteiger partial charge in [0.25, 0.3) is 11.8 Å². The highest BCUT2D eigenvalue weighted by Gasteiger charge is 2.30. The molecule has 0 atom stereocenters. The molecular weight excluding hydrogens is 242 g/mol. The van der Waals surface area contributed by atoms with Crippen molar-refractivity contribution >= 4 is 17.6 Å². The summed E-state index contributed by atoms with van der Waals surface area (Å²) in [5, 5.41) is 0. The minimum absolute atomic E-state index is 0.200. The van der Waals surface area contributed by atoms with E-state index in [1.54, 1.807) is 0 Å². The molecule has 0 N–H and O–H groups in total. The van der Waals surface area contributed by atoms with Crippen molar-refractivity contribution in [1.29, 1.82) is 0 Å². The molecule has 1 saturated carbocycles. The van der Waals surface area contributed by atoms with Crippen LogP contribution in [0.1, 0.15) is 45.4 Å². The van der Waals surface area contributed by atoms with Crippen molar-refractivity contribution in [3.05, 3.63) is 12.2 Å². The Balaban J connectivity index is 1.79. The summed E-state index contributed by atoms with van der Waals surface area (Å²) in [5.74, 6) is 0.553. The van der Waals surface area contributed by atoms with Gasteiger partial charge in [0.2, 0.25) is 0 Å². The number of rotatable bonds is 5. The van der Waals surface area contributed by atoms with Crippen molar-refractivity contribution in [3.63, 3.8) is 0 Å². The first-order valence-electron chi connectivity index (χ1n) is 7.18. The highest BCUT2D eigenvalue weighted by molar-refractivity contribution is 6.12. The summed E-state index contributed by atoms with van der Waals surface area (Å²) in [5.41, 5.74) is 0. The van der Waals surface area contributed by atoms with Crippen molar-refractivity contribution in [3.8, 4) is 0 Å². The topological polar surface area (TPSA) is 54.5 Å². The van der Waals surface area contributed by atoms with Gasteiger partial charge in [0.15, 0.2) is 0 Å². The predicted molar refractivity (Wildman–Crippen MR) is 71.2 cm³/mol. The largest absolute Gasteiger partial charge is 0.299 e. The van der Waals surface area contributed by atoms with Gasteiger partial charge in [0.05, 0.1) is 0 Å². The van der Waals surface area contributed by atoms with E-state index in [2.05, 4.69) is 0 Å². The zero-order valence-electron chi connectivity index (χ0n) is 11.4. The highest BCUT2D eigenvalue weighted by atomic mass is 16.2. The van der Waals surface area contributed by atoms with Crippen LogP contribution in [0.15, 0.2) is 12.2 Å². The lowest BCUT2D eigenvalue weighted by atomic mass is 9.79. The van der Waals surface area contributed by atoms with Gasteiger partial charge in [-0.2, -0.15) is 0 Å². The molecule has 0 aromatic heterocycles. The zero-order valence-corrected chi connectivity index (χ0v) is 11.4. The third kappa shape index (κ3) is 3.31. The fraction of sp³-hybridized carbons (Fsp3) is 0.667. The number of ketones is 1. The third-order valence-electron chi connectivity index (χ3n) is 4.14. The average molecular weight is 263 g/mol. The number of carbonyl (C=O) groups is 3. The first-order valence-corrected chi connectivity index (χ1v) is 7.18. The standard InChI is InChI=1S/C15H21NO3/c1-2-3-13(17)12-6-4-11(5-7-12)10-16-14(18)8-9-15(16)19/h8-9,11-12H,2-7,10H2,1H3. The Morgan fingerprint density at radius 3 is 2.26 bits per heavy atom. The number of hydrogen-bond acceptors (Lipinski definition) is 3. The van der Waals surface area contributed by atoms with Crippen LogP contribution in [0.2, 0.25) is 0 Å². The van der Waals surface area contributed by atoms with Gasteiger partial charge in [-0.15, -0.1) is 0 Å². The van der Waals surface area contributed by atoms with Gasteiger partial charge in [-0.3, -0.25) is 19.3 Å². The molecule has 4 heteroatoms. The Hall–Kier alpha value is -1.45. The average Bonchev–Trinajstić information content (AvgIpc) is 2.72. The van der Waals surface area contributed by atoms with Crippen molar-refractivity contribution in [2.75, 3.05) is 6.54 Å². The number of imide groups is 1. The lowest BCUT2D eigenvalue weighted by molar-refractivity contribution is -0.138. The maximum atomic E-state index is 11.8. The molecule has 4 nitrogen and oxygen atoms in total. The van der Waals surface area contributed by atoms with Crippen LogP contribution in [0.3, 0.4) is 0 Å². The Kier molecular flexibility index (Phi) is 4.51. The van der Waals surface area contributed by atoms with Crippen LogP contribution >= 0.6 is 0 Å². The van der Waals surface area contributed by atoms with E-state index in [1.165, 1.54) is 17.1 Å². The van der Waals surface area contributed by atoms with E-state index in [-0.39, 0.29) is 17.7 Å². The molecule has 104 valence electrons. The minimum Gasteiger partial charge on any atom is -0.299 e. The molecule has 0 aromatic carbocycles. The molecule has 1 heterocycles. The van der Waals surface area contributed by atoms with E-state index in [0.717, 1.165) is 32.1 Å². The van der Waals surface area contributed by atoms with Crippen LogP contribution < -0.4 is 0 Å². The number of carbonyl (C=O) groups excluding carboxylic acids is 3. The highest BCUT2D eigenvalue weighted by Crippen LogP contribution is 2.31. The number of Topliss-reactive ketones (excluding diaryl/α,β-unsaturated/α-hetero) is 1. The molecule has 0 spiro atoms. The summed E-state index contributed by atoms with van der Waals surface area (Å²) in [4.78, 5) is 36.1. The summed E-state index contributed by atoms with van der Waals surface area (Å²) in [6.07, 6.45) is 7.97. The van der Waals surface area contributed by atoms with Crippen molar-refractivity contribution in [2.24, 2.45) is 11.8 Å². The van der Waals surface area contributed by atoms with Gasteiger partial charge in [-0.05, 0) is 38.0 Å². The second-order valence-electron chi connectivity index (χ2n) is 5.55. The van der Waals surface area contributed by atoms with E-state index < -0.39 is 0 Å². The molecule has 1 aliphatic heterocycles. The zero-order chi connectivity index (χ0) is 13.8. The molecule has 2 aliphatic rings. The molecule has 0 radical (unpaired) electrons. The minimum atomic E-state index is -0.200. The van der Waals surface area contributed by atoms with Gasteiger partial charge in [0, 0.05) is 31.0 Å². The Bertz CT molecular complexity index is 388. The van der Waals surface area contributed by atoms with E-state index in [4.69, 9.17) is 0 Å². The van der Waals surface area contributed by atoms with Crippen LogP contribution in [0.25, 0.3) is 0 Å². The first-order chi connectivity index (χ1) is 9.11. The van der Waals surface area contributed by atoms with E-state index in [0.29, 0.717) is 24.7 Å². The second kappa shape index (κ2) is 6.13. The molecule has 1 aliphatic carbocycles. The van der Waals surface area contributed by atoms with Crippen LogP contribution in [0.5, 0.6) is 0 Å². The van der Waals surface area contributed by atoms with E-state index in [1.807, 2.05) is 6.92 Å². The van der Waals surface area contributed by atoms with Crippen LogP contribution in [0, 0.1) is 11.8 Å². The number of hydrogen-bond donors (Lipinski definition) is 0. The molecule has 0 aromatic rings. The van der Waals surface area contributed by atoms with E-state index >= 15 is 0 Å². The van der Waals surface area contributed by atoms with E-state index in [9.17, 15) is 14.4 Å². The molecule has 0 unspecified atom stereocenters. The molecule has 2 rings (SSSR count). The molecule has 19 heavy (non-hydrogen) atoms. The molecule has 2 amide bonds. The lowest BCUT2D eigenvalue weighted by Gasteiger charge is -2.29. The summed E-state index contributed by atoms with van der Waals surface area (Å²) in [6.45, 7) is 2.54. The van der Waals surface area contributed by atoms with Crippen molar-refractivity contribution in [2.45, 2.75) is 45.4 Å². The van der Waals surface area contributed by atoms with Gasteiger partial charge in [0.1, 0.15) is 5.78 Å². The molecule has 1 fully saturated rings. The normalized spacial score (nSPS) is 27.1. The quantitative estimate of drug-likeness (QED) is 0.714. The predicted octanol–water partition coefficient (Wildman–Crippen LogP) is 2.09. The van der Waals surface area contributed by atoms with Gasteiger partial charge in [-0.1, -0.05) is 6.92 Å². The van der Waals surface area contributed by atoms with Gasteiger partial charge < -0.3 is 0 Å². The molecule has 0 bridgehead atoms. The van der Waals surface area contributed by atoms with Crippen LogP contribution in [0.4, 0.5) is 0 Å². The molecule has 0 saturated heterocycles. The maximum absolute atomic E-state index is 11.8. The number of nitrogens with zero attached hydrogens (tertiary/aromatic N) is 1. The van der Waals surface area contributed by atoms with Gasteiger partial charge >= 0.3 is 0 Å². The first kappa shape index (κ1) is 14.0. The molecular formula is C15H21NO3. The SMILES string of the molecule is CCCC(=O)C1CCC(CN2C(=O)C=CC2=O)CC1. The second-order valence-corrected chi connectivity index (χ2v) is 5.55. The summed E-state index contributed by atoms with van der Waals surface area (Å²) in [6, 6.07) is 0. The van der Waals surface area contributed by atoms with Crippen molar-refractivity contribution < 1.29 is 14.4 Å². The third-order valence-corrected chi connectivity index (χ3v) is 4.14. The lowest BCUT2D eigenvalue weighted by Crippen LogP contribution is -2.36. The fourth-order valence-electron chi connectivity index (χ4n) is 2.99. The maximum Gasteiger partial charge on any atom is 0.253 e. The summed E-state index contributed by atoms with van der Waals surface area (Å²) in [7, 11) is 0. The van der Waals surface area contributed by atoms with Gasteiger partial charge in [-0.25, -0.2) is 0 Å². The van der Waals surface area contributed by atoms with Crippen LogP contribution in [-0.2, 0) is 14.4 Å². The van der Waals surface area contributed by atoms with Crippen molar-refractivity contribution in [1.82, 2.24) is 4.90 Å². The Labute approximate surface area is 113 Å².